The molecule has 0 atom stereocenters. The number of hydrazine groups is 1. The molecule has 0 aliphatic carbocycles. The van der Waals surface area contributed by atoms with Crippen molar-refractivity contribution in [2.24, 2.45) is 5.84 Å². The first kappa shape index (κ1) is 8.65. The zero-order chi connectivity index (χ0) is 8.97. The van der Waals surface area contributed by atoms with Crippen molar-refractivity contribution in [1.29, 1.82) is 5.26 Å². The minimum absolute atomic E-state index is 0.261. The van der Waals surface area contributed by atoms with Crippen LogP contribution in [0, 0.1) is 17.1 Å². The molecular weight excluding hydrogens is 157 g/mol. The molecule has 0 radical (unpaired) electrons. The Balaban J connectivity index is 2.97. The van der Waals surface area contributed by atoms with E-state index in [-0.39, 0.29) is 6.54 Å². The third kappa shape index (κ3) is 1.78. The number of halogens is 1. The average molecular weight is 165 g/mol. The SMILES string of the molecule is N#Cc1ccc(CNN)c(F)c1. The van der Waals surface area contributed by atoms with Crippen molar-refractivity contribution < 1.29 is 4.39 Å². The summed E-state index contributed by atoms with van der Waals surface area (Å²) in [5.41, 5.74) is 3.11. The number of rotatable bonds is 2. The molecule has 1 rings (SSSR count). The zero-order valence-electron chi connectivity index (χ0n) is 6.34. The maximum Gasteiger partial charge on any atom is 0.129 e. The maximum atomic E-state index is 13.0. The highest BCUT2D eigenvalue weighted by Gasteiger charge is 2.01. The minimum Gasteiger partial charge on any atom is -0.271 e. The quantitative estimate of drug-likeness (QED) is 0.500. The highest BCUT2D eigenvalue weighted by Crippen LogP contribution is 2.08. The molecule has 0 amide bonds. The van der Waals surface area contributed by atoms with Gasteiger partial charge in [-0.3, -0.25) is 11.3 Å². The molecule has 0 saturated carbocycles. The summed E-state index contributed by atoms with van der Waals surface area (Å²) < 4.78 is 13.0. The lowest BCUT2D eigenvalue weighted by Crippen LogP contribution is -2.21. The van der Waals surface area contributed by atoms with Gasteiger partial charge in [-0.25, -0.2) is 4.39 Å². The van der Waals surface area contributed by atoms with Gasteiger partial charge in [0, 0.05) is 12.1 Å². The first-order valence-electron chi connectivity index (χ1n) is 3.40. The van der Waals surface area contributed by atoms with Crippen molar-refractivity contribution in [2.75, 3.05) is 0 Å². The molecule has 4 heteroatoms. The molecule has 62 valence electrons. The van der Waals surface area contributed by atoms with E-state index >= 15 is 0 Å². The van der Waals surface area contributed by atoms with Crippen LogP contribution in [0.3, 0.4) is 0 Å². The Morgan fingerprint density at radius 3 is 2.83 bits per heavy atom. The Labute approximate surface area is 69.6 Å². The zero-order valence-corrected chi connectivity index (χ0v) is 6.34. The molecule has 0 unspecified atom stereocenters. The van der Waals surface area contributed by atoms with E-state index in [1.807, 2.05) is 6.07 Å². The van der Waals surface area contributed by atoms with Gasteiger partial charge in [-0.1, -0.05) is 6.07 Å². The van der Waals surface area contributed by atoms with Crippen molar-refractivity contribution in [3.8, 4) is 6.07 Å². The average Bonchev–Trinajstić information content (AvgIpc) is 2.09. The molecule has 1 aromatic rings. The van der Waals surface area contributed by atoms with Crippen molar-refractivity contribution in [1.82, 2.24) is 5.43 Å². The Bertz CT molecular complexity index is 317. The van der Waals surface area contributed by atoms with Crippen LogP contribution in [0.2, 0.25) is 0 Å². The Kier molecular flexibility index (Phi) is 2.75. The van der Waals surface area contributed by atoms with Crippen molar-refractivity contribution in [3.63, 3.8) is 0 Å². The number of nitrogens with one attached hydrogen (secondary N) is 1. The lowest BCUT2D eigenvalue weighted by molar-refractivity contribution is 0.593. The van der Waals surface area contributed by atoms with Crippen LogP contribution in [0.15, 0.2) is 18.2 Å². The lowest BCUT2D eigenvalue weighted by atomic mass is 10.1. The van der Waals surface area contributed by atoms with Crippen LogP contribution in [0.25, 0.3) is 0 Å². The number of nitrogens with two attached hydrogens (primary N) is 1. The van der Waals surface area contributed by atoms with Crippen LogP contribution in [-0.2, 0) is 6.54 Å². The molecule has 0 spiro atoms. The van der Waals surface area contributed by atoms with Gasteiger partial charge < -0.3 is 0 Å². The fourth-order valence-corrected chi connectivity index (χ4v) is 0.870. The fourth-order valence-electron chi connectivity index (χ4n) is 0.870. The molecule has 0 aromatic heterocycles. The van der Waals surface area contributed by atoms with Crippen molar-refractivity contribution in [2.45, 2.75) is 6.54 Å². The summed E-state index contributed by atoms with van der Waals surface area (Å²) in [6, 6.07) is 6.12. The van der Waals surface area contributed by atoms with Crippen LogP contribution in [0.5, 0.6) is 0 Å². The van der Waals surface area contributed by atoms with Crippen LogP contribution in [0.4, 0.5) is 4.39 Å². The normalized spacial score (nSPS) is 9.42. The van der Waals surface area contributed by atoms with E-state index < -0.39 is 5.82 Å². The number of hydrogen-bond acceptors (Lipinski definition) is 3. The monoisotopic (exact) mass is 165 g/mol. The molecule has 3 N–H and O–H groups in total. The number of hydrogen-bond donors (Lipinski definition) is 2. The van der Waals surface area contributed by atoms with Gasteiger partial charge in [0.2, 0.25) is 0 Å². The Morgan fingerprint density at radius 1 is 1.58 bits per heavy atom. The third-order valence-electron chi connectivity index (χ3n) is 1.47. The highest BCUT2D eigenvalue weighted by molar-refractivity contribution is 5.32. The fraction of sp³-hybridized carbons (Fsp3) is 0.125. The Morgan fingerprint density at radius 2 is 2.33 bits per heavy atom. The second-order valence-electron chi connectivity index (χ2n) is 2.30. The van der Waals surface area contributed by atoms with E-state index in [2.05, 4.69) is 5.43 Å². The predicted molar refractivity (Wildman–Crippen MR) is 42.1 cm³/mol. The maximum absolute atomic E-state index is 13.0. The molecule has 0 saturated heterocycles. The van der Waals surface area contributed by atoms with Crippen LogP contribution in [-0.4, -0.2) is 0 Å². The van der Waals surface area contributed by atoms with Crippen molar-refractivity contribution in [3.05, 3.63) is 35.1 Å². The van der Waals surface area contributed by atoms with Gasteiger partial charge >= 0.3 is 0 Å². The minimum atomic E-state index is -0.410. The Hall–Kier alpha value is -1.44. The largest absolute Gasteiger partial charge is 0.271 e. The molecule has 3 nitrogen and oxygen atoms in total. The summed E-state index contributed by atoms with van der Waals surface area (Å²) in [5, 5.41) is 8.43. The van der Waals surface area contributed by atoms with Gasteiger partial charge in [0.25, 0.3) is 0 Å². The molecule has 0 bridgehead atoms. The van der Waals surface area contributed by atoms with E-state index in [0.29, 0.717) is 11.1 Å². The second kappa shape index (κ2) is 3.81. The van der Waals surface area contributed by atoms with E-state index in [9.17, 15) is 4.39 Å². The molecule has 0 fully saturated rings. The van der Waals surface area contributed by atoms with Crippen LogP contribution < -0.4 is 11.3 Å². The summed E-state index contributed by atoms with van der Waals surface area (Å²) in [6.07, 6.45) is 0. The predicted octanol–water partition coefficient (Wildman–Crippen LogP) is 0.661. The van der Waals surface area contributed by atoms with Gasteiger partial charge in [0.05, 0.1) is 11.6 Å². The lowest BCUT2D eigenvalue weighted by Gasteiger charge is -2.00. The van der Waals surface area contributed by atoms with Gasteiger partial charge in [-0.15, -0.1) is 0 Å². The van der Waals surface area contributed by atoms with Crippen molar-refractivity contribution >= 4 is 0 Å². The molecule has 0 heterocycles. The molecule has 0 aliphatic rings. The first-order chi connectivity index (χ1) is 5.77. The van der Waals surface area contributed by atoms with E-state index in [4.69, 9.17) is 11.1 Å². The van der Waals surface area contributed by atoms with E-state index in [1.54, 1.807) is 6.07 Å². The standard InChI is InChI=1S/C8H8FN3/c9-8-3-6(4-10)1-2-7(8)5-12-11/h1-3,12H,5,11H2. The summed E-state index contributed by atoms with van der Waals surface area (Å²) in [4.78, 5) is 0. The van der Waals surface area contributed by atoms with Gasteiger partial charge in [0.1, 0.15) is 5.82 Å². The van der Waals surface area contributed by atoms with Gasteiger partial charge in [-0.2, -0.15) is 5.26 Å². The second-order valence-corrected chi connectivity index (χ2v) is 2.30. The van der Waals surface area contributed by atoms with E-state index in [1.165, 1.54) is 12.1 Å². The van der Waals surface area contributed by atoms with Gasteiger partial charge in [-0.05, 0) is 12.1 Å². The topological polar surface area (TPSA) is 61.8 Å². The van der Waals surface area contributed by atoms with E-state index in [0.717, 1.165) is 0 Å². The number of nitriles is 1. The molecular formula is C8H8FN3. The molecule has 0 aliphatic heterocycles. The summed E-state index contributed by atoms with van der Waals surface area (Å²) in [5.74, 6) is 4.61. The van der Waals surface area contributed by atoms with Gasteiger partial charge in [0.15, 0.2) is 0 Å². The first-order valence-corrected chi connectivity index (χ1v) is 3.40. The third-order valence-corrected chi connectivity index (χ3v) is 1.47. The van der Waals surface area contributed by atoms with Crippen LogP contribution in [0.1, 0.15) is 11.1 Å². The number of benzene rings is 1. The highest BCUT2D eigenvalue weighted by atomic mass is 19.1. The number of nitrogens with zero attached hydrogens (tertiary/aromatic N) is 1. The van der Waals surface area contributed by atoms with Crippen LogP contribution >= 0.6 is 0 Å². The molecule has 12 heavy (non-hydrogen) atoms. The summed E-state index contributed by atoms with van der Waals surface area (Å²) >= 11 is 0. The smallest absolute Gasteiger partial charge is 0.129 e. The summed E-state index contributed by atoms with van der Waals surface area (Å²) in [6.45, 7) is 0.261. The molecule has 1 aromatic carbocycles. The summed E-state index contributed by atoms with van der Waals surface area (Å²) in [7, 11) is 0.